The van der Waals surface area contributed by atoms with Crippen LogP contribution in [-0.2, 0) is 6.42 Å². The van der Waals surface area contributed by atoms with Crippen molar-refractivity contribution in [1.29, 1.82) is 0 Å². The van der Waals surface area contributed by atoms with E-state index < -0.39 is 0 Å². The molecule has 1 N–H and O–H groups in total. The Hall–Kier alpha value is -1.77. The second kappa shape index (κ2) is 5.91. The number of fused-ring (bicyclic) bond motifs is 1. The van der Waals surface area contributed by atoms with E-state index in [1.54, 1.807) is 0 Å². The molecule has 0 fully saturated rings. The van der Waals surface area contributed by atoms with Crippen LogP contribution in [0.3, 0.4) is 0 Å². The van der Waals surface area contributed by atoms with Crippen LogP contribution < -0.4 is 10.2 Å². The molecule has 0 radical (unpaired) electrons. The summed E-state index contributed by atoms with van der Waals surface area (Å²) in [5.41, 5.74) is 3.48. The zero-order chi connectivity index (χ0) is 13.8. The summed E-state index contributed by atoms with van der Waals surface area (Å²) in [5, 5.41) is 2.90. The second-order valence-electron chi connectivity index (χ2n) is 5.38. The SMILES string of the molecule is C/C(=C\NC(=O)N1CCCc2ccccc21)C(C)C. The van der Waals surface area contributed by atoms with E-state index in [0.29, 0.717) is 5.92 Å². The molecular formula is C16H22N2O. The zero-order valence-electron chi connectivity index (χ0n) is 11.9. The van der Waals surface area contributed by atoms with Crippen molar-refractivity contribution in [2.45, 2.75) is 33.6 Å². The molecule has 3 nitrogen and oxygen atoms in total. The van der Waals surface area contributed by atoms with E-state index in [2.05, 4.69) is 25.2 Å². The summed E-state index contributed by atoms with van der Waals surface area (Å²) in [5.74, 6) is 0.453. The number of hydrogen-bond acceptors (Lipinski definition) is 1. The van der Waals surface area contributed by atoms with Gasteiger partial charge in [0.1, 0.15) is 0 Å². The molecule has 1 heterocycles. The molecule has 19 heavy (non-hydrogen) atoms. The van der Waals surface area contributed by atoms with Gasteiger partial charge in [0.05, 0.1) is 0 Å². The Kier molecular flexibility index (Phi) is 4.25. The van der Waals surface area contributed by atoms with E-state index in [4.69, 9.17) is 0 Å². The lowest BCUT2D eigenvalue weighted by molar-refractivity contribution is 0.249. The molecule has 1 aromatic rings. The first kappa shape index (κ1) is 13.7. The van der Waals surface area contributed by atoms with Gasteiger partial charge in [-0.25, -0.2) is 4.79 Å². The summed E-state index contributed by atoms with van der Waals surface area (Å²) in [6, 6.07) is 8.10. The zero-order valence-corrected chi connectivity index (χ0v) is 11.9. The molecule has 0 saturated carbocycles. The molecule has 2 amide bonds. The Bertz CT molecular complexity index is 491. The molecule has 1 aromatic carbocycles. The highest BCUT2D eigenvalue weighted by Crippen LogP contribution is 2.26. The van der Waals surface area contributed by atoms with Crippen LogP contribution >= 0.6 is 0 Å². The lowest BCUT2D eigenvalue weighted by atomic mass is 10.0. The first-order valence-electron chi connectivity index (χ1n) is 6.92. The summed E-state index contributed by atoms with van der Waals surface area (Å²) in [7, 11) is 0. The van der Waals surface area contributed by atoms with E-state index in [1.165, 1.54) is 11.1 Å². The van der Waals surface area contributed by atoms with Crippen LogP contribution in [0.4, 0.5) is 10.5 Å². The first-order valence-corrected chi connectivity index (χ1v) is 6.92. The Labute approximate surface area is 115 Å². The maximum Gasteiger partial charge on any atom is 0.325 e. The number of allylic oxidation sites excluding steroid dienone is 1. The average Bonchev–Trinajstić information content (AvgIpc) is 2.43. The third-order valence-corrected chi connectivity index (χ3v) is 3.69. The number of rotatable bonds is 2. The standard InChI is InChI=1S/C16H22N2O/c1-12(2)13(3)11-17-16(19)18-10-6-8-14-7-4-5-9-15(14)18/h4-5,7,9,11-12H,6,8,10H2,1-3H3,(H,17,19)/b13-11+. The van der Waals surface area contributed by atoms with Gasteiger partial charge in [-0.15, -0.1) is 0 Å². The molecule has 0 unspecified atom stereocenters. The van der Waals surface area contributed by atoms with Crippen LogP contribution in [0.1, 0.15) is 32.8 Å². The molecule has 3 heteroatoms. The van der Waals surface area contributed by atoms with Gasteiger partial charge in [0.15, 0.2) is 0 Å². The fraction of sp³-hybridized carbons (Fsp3) is 0.438. The molecule has 0 atom stereocenters. The number of anilines is 1. The molecule has 1 aliphatic heterocycles. The van der Waals surface area contributed by atoms with E-state index in [1.807, 2.05) is 36.2 Å². The number of amides is 2. The van der Waals surface area contributed by atoms with Crippen LogP contribution in [0.2, 0.25) is 0 Å². The number of nitrogens with one attached hydrogen (secondary N) is 1. The fourth-order valence-corrected chi connectivity index (χ4v) is 2.16. The van der Waals surface area contributed by atoms with Crippen LogP contribution in [0, 0.1) is 5.92 Å². The van der Waals surface area contributed by atoms with Crippen molar-refractivity contribution in [2.75, 3.05) is 11.4 Å². The predicted molar refractivity (Wildman–Crippen MR) is 79.2 cm³/mol. The monoisotopic (exact) mass is 258 g/mol. The highest BCUT2D eigenvalue weighted by molar-refractivity contribution is 5.93. The van der Waals surface area contributed by atoms with E-state index in [9.17, 15) is 4.79 Å². The van der Waals surface area contributed by atoms with Crippen LogP contribution in [-0.4, -0.2) is 12.6 Å². The third-order valence-electron chi connectivity index (χ3n) is 3.69. The quantitative estimate of drug-likeness (QED) is 0.861. The molecule has 2 rings (SSSR count). The van der Waals surface area contributed by atoms with Gasteiger partial charge in [0.2, 0.25) is 0 Å². The second-order valence-corrected chi connectivity index (χ2v) is 5.38. The molecule has 1 aliphatic rings. The van der Waals surface area contributed by atoms with Gasteiger partial charge in [-0.05, 0) is 37.3 Å². The number of benzene rings is 1. The van der Waals surface area contributed by atoms with Gasteiger partial charge in [-0.2, -0.15) is 0 Å². The van der Waals surface area contributed by atoms with Crippen molar-refractivity contribution in [1.82, 2.24) is 5.32 Å². The van der Waals surface area contributed by atoms with E-state index in [0.717, 1.165) is 25.1 Å². The smallest absolute Gasteiger partial charge is 0.314 e. The van der Waals surface area contributed by atoms with Crippen molar-refractivity contribution < 1.29 is 4.79 Å². The molecule has 0 aliphatic carbocycles. The minimum Gasteiger partial charge on any atom is -0.314 e. The Morgan fingerprint density at radius 3 is 2.84 bits per heavy atom. The third kappa shape index (κ3) is 3.16. The van der Waals surface area contributed by atoms with Crippen LogP contribution in [0.5, 0.6) is 0 Å². The average molecular weight is 258 g/mol. The number of carbonyl (C=O) groups excluding carboxylic acids is 1. The highest BCUT2D eigenvalue weighted by atomic mass is 16.2. The molecule has 0 aromatic heterocycles. The summed E-state index contributed by atoms with van der Waals surface area (Å²) >= 11 is 0. The number of aryl methyl sites for hydroxylation is 1. The lowest BCUT2D eigenvalue weighted by Crippen LogP contribution is -2.41. The molecule has 102 valence electrons. The van der Waals surface area contributed by atoms with E-state index in [-0.39, 0.29) is 6.03 Å². The van der Waals surface area contributed by atoms with Crippen molar-refractivity contribution in [2.24, 2.45) is 5.92 Å². The largest absolute Gasteiger partial charge is 0.325 e. The van der Waals surface area contributed by atoms with Gasteiger partial charge < -0.3 is 5.32 Å². The maximum atomic E-state index is 12.3. The number of hydrogen-bond donors (Lipinski definition) is 1. The molecule has 0 spiro atoms. The molecule has 0 bridgehead atoms. The van der Waals surface area contributed by atoms with Crippen molar-refractivity contribution in [3.05, 3.63) is 41.6 Å². The van der Waals surface area contributed by atoms with Gasteiger partial charge in [0, 0.05) is 18.4 Å². The summed E-state index contributed by atoms with van der Waals surface area (Å²) < 4.78 is 0. The fourth-order valence-electron chi connectivity index (χ4n) is 2.16. The minimum atomic E-state index is -0.0350. The Morgan fingerprint density at radius 2 is 2.11 bits per heavy atom. The minimum absolute atomic E-state index is 0.0350. The highest BCUT2D eigenvalue weighted by Gasteiger charge is 2.21. The topological polar surface area (TPSA) is 32.3 Å². The van der Waals surface area contributed by atoms with Gasteiger partial charge in [-0.1, -0.05) is 37.6 Å². The predicted octanol–water partition coefficient (Wildman–Crippen LogP) is 3.71. The van der Waals surface area contributed by atoms with Gasteiger partial charge in [-0.3, -0.25) is 4.90 Å². The number of para-hydroxylation sites is 1. The molecular weight excluding hydrogens is 236 g/mol. The number of nitrogens with zero attached hydrogens (tertiary/aromatic N) is 1. The van der Waals surface area contributed by atoms with Crippen molar-refractivity contribution in [3.63, 3.8) is 0 Å². The maximum absolute atomic E-state index is 12.3. The Morgan fingerprint density at radius 1 is 1.37 bits per heavy atom. The van der Waals surface area contributed by atoms with Crippen molar-refractivity contribution in [3.8, 4) is 0 Å². The van der Waals surface area contributed by atoms with Crippen LogP contribution in [0.25, 0.3) is 0 Å². The van der Waals surface area contributed by atoms with Crippen molar-refractivity contribution >= 4 is 11.7 Å². The molecule has 0 saturated heterocycles. The van der Waals surface area contributed by atoms with Crippen LogP contribution in [0.15, 0.2) is 36.0 Å². The Balaban J connectivity index is 2.11. The van der Waals surface area contributed by atoms with Gasteiger partial charge >= 0.3 is 6.03 Å². The normalized spacial score (nSPS) is 15.4. The van der Waals surface area contributed by atoms with Gasteiger partial charge in [0.25, 0.3) is 0 Å². The number of carbonyl (C=O) groups is 1. The summed E-state index contributed by atoms with van der Waals surface area (Å²) in [6.45, 7) is 7.06. The number of urea groups is 1. The van der Waals surface area contributed by atoms with E-state index >= 15 is 0 Å². The lowest BCUT2D eigenvalue weighted by Gasteiger charge is -2.29. The first-order chi connectivity index (χ1) is 9.09. The summed E-state index contributed by atoms with van der Waals surface area (Å²) in [6.07, 6.45) is 3.91. The summed E-state index contributed by atoms with van der Waals surface area (Å²) in [4.78, 5) is 14.1.